The third-order valence-electron chi connectivity index (χ3n) is 2.85. The molecule has 90 valence electrons. The molecule has 2 aromatic rings. The highest BCUT2D eigenvalue weighted by atomic mass is 16.4. The fraction of sp³-hybridized carbons (Fsp3) is 0.250. The van der Waals surface area contributed by atoms with Gasteiger partial charge in [-0.15, -0.1) is 0 Å². The van der Waals surface area contributed by atoms with Crippen LogP contribution >= 0.6 is 0 Å². The van der Waals surface area contributed by atoms with Crippen LogP contribution in [0.15, 0.2) is 30.5 Å². The van der Waals surface area contributed by atoms with Gasteiger partial charge in [-0.05, 0) is 18.1 Å². The van der Waals surface area contributed by atoms with Crippen LogP contribution in [0.1, 0.15) is 18.0 Å². The van der Waals surface area contributed by atoms with Crippen molar-refractivity contribution >= 4 is 16.9 Å². The number of carboxylic acid groups (broad SMARTS) is 1. The molecule has 0 aliphatic carbocycles. The largest absolute Gasteiger partial charge is 0.480 e. The minimum Gasteiger partial charge on any atom is -0.480 e. The summed E-state index contributed by atoms with van der Waals surface area (Å²) in [6.07, 6.45) is 2.03. The number of aromatic amines is 1. The van der Waals surface area contributed by atoms with Gasteiger partial charge in [0.05, 0.1) is 0 Å². The highest BCUT2D eigenvalue weighted by Gasteiger charge is 2.19. The molecule has 1 aromatic carbocycles. The SMILES string of the molecule is NC(CC(N)c1c[nH]c2ccccc12)C(=O)O. The molecule has 0 radical (unpaired) electrons. The molecule has 2 unspecified atom stereocenters. The molecule has 2 rings (SSSR count). The summed E-state index contributed by atoms with van der Waals surface area (Å²) < 4.78 is 0. The first-order valence-corrected chi connectivity index (χ1v) is 5.39. The maximum atomic E-state index is 10.7. The average Bonchev–Trinajstić information content (AvgIpc) is 2.72. The Bertz CT molecular complexity index is 535. The van der Waals surface area contributed by atoms with Crippen LogP contribution in [-0.4, -0.2) is 22.1 Å². The third-order valence-corrected chi connectivity index (χ3v) is 2.85. The van der Waals surface area contributed by atoms with E-state index in [9.17, 15) is 4.79 Å². The van der Waals surface area contributed by atoms with Gasteiger partial charge < -0.3 is 21.6 Å². The molecule has 0 spiro atoms. The highest BCUT2D eigenvalue weighted by Crippen LogP contribution is 2.24. The van der Waals surface area contributed by atoms with E-state index < -0.39 is 12.0 Å². The normalized spacial score (nSPS) is 14.7. The van der Waals surface area contributed by atoms with Crippen LogP contribution in [0.2, 0.25) is 0 Å². The maximum Gasteiger partial charge on any atom is 0.320 e. The van der Waals surface area contributed by atoms with Crippen molar-refractivity contribution in [3.63, 3.8) is 0 Å². The fourth-order valence-electron chi connectivity index (χ4n) is 1.90. The molecule has 5 heteroatoms. The molecule has 1 aromatic heterocycles. The van der Waals surface area contributed by atoms with Gasteiger partial charge in [-0.25, -0.2) is 0 Å². The van der Waals surface area contributed by atoms with E-state index in [1.54, 1.807) is 0 Å². The summed E-state index contributed by atoms with van der Waals surface area (Å²) in [5.74, 6) is -1.03. The molecule has 17 heavy (non-hydrogen) atoms. The molecule has 0 aliphatic heterocycles. The number of benzene rings is 1. The predicted molar refractivity (Wildman–Crippen MR) is 65.5 cm³/mol. The Morgan fingerprint density at radius 3 is 2.76 bits per heavy atom. The van der Waals surface area contributed by atoms with E-state index in [2.05, 4.69) is 4.98 Å². The molecule has 0 saturated carbocycles. The van der Waals surface area contributed by atoms with Crippen LogP contribution in [0.4, 0.5) is 0 Å². The molecule has 5 nitrogen and oxygen atoms in total. The van der Waals surface area contributed by atoms with Crippen molar-refractivity contribution in [2.24, 2.45) is 11.5 Å². The monoisotopic (exact) mass is 233 g/mol. The van der Waals surface area contributed by atoms with Crippen LogP contribution in [-0.2, 0) is 4.79 Å². The number of carbonyl (C=O) groups is 1. The summed E-state index contributed by atoms with van der Waals surface area (Å²) in [6.45, 7) is 0. The van der Waals surface area contributed by atoms with Crippen molar-refractivity contribution < 1.29 is 9.90 Å². The lowest BCUT2D eigenvalue weighted by Gasteiger charge is -2.13. The number of nitrogens with one attached hydrogen (secondary N) is 1. The van der Waals surface area contributed by atoms with Crippen molar-refractivity contribution in [2.75, 3.05) is 0 Å². The van der Waals surface area contributed by atoms with Crippen LogP contribution in [0.25, 0.3) is 10.9 Å². The fourth-order valence-corrected chi connectivity index (χ4v) is 1.90. The summed E-state index contributed by atoms with van der Waals surface area (Å²) in [7, 11) is 0. The molecular formula is C12H15N3O2. The van der Waals surface area contributed by atoms with Gasteiger partial charge in [-0.1, -0.05) is 18.2 Å². The Balaban J connectivity index is 2.25. The van der Waals surface area contributed by atoms with Crippen LogP contribution in [0.3, 0.4) is 0 Å². The molecule has 0 bridgehead atoms. The first-order valence-electron chi connectivity index (χ1n) is 5.39. The predicted octanol–water partition coefficient (Wildman–Crippen LogP) is 0.970. The molecule has 1 heterocycles. The minimum atomic E-state index is -1.03. The van der Waals surface area contributed by atoms with Crippen molar-refractivity contribution in [3.8, 4) is 0 Å². The van der Waals surface area contributed by atoms with Gasteiger partial charge in [0.15, 0.2) is 0 Å². The number of aliphatic carboxylic acids is 1. The van der Waals surface area contributed by atoms with Gasteiger partial charge >= 0.3 is 5.97 Å². The van der Waals surface area contributed by atoms with Gasteiger partial charge in [-0.2, -0.15) is 0 Å². The smallest absolute Gasteiger partial charge is 0.320 e. The van der Waals surface area contributed by atoms with Gasteiger partial charge in [0.1, 0.15) is 6.04 Å². The quantitative estimate of drug-likeness (QED) is 0.631. The minimum absolute atomic E-state index is 0.219. The molecule has 0 aliphatic rings. The van der Waals surface area contributed by atoms with E-state index >= 15 is 0 Å². The zero-order chi connectivity index (χ0) is 12.4. The lowest BCUT2D eigenvalue weighted by molar-refractivity contribution is -0.138. The molecular weight excluding hydrogens is 218 g/mol. The van der Waals surface area contributed by atoms with Crippen molar-refractivity contribution in [1.82, 2.24) is 4.98 Å². The summed E-state index contributed by atoms with van der Waals surface area (Å²) >= 11 is 0. The Kier molecular flexibility index (Phi) is 3.12. The standard InChI is InChI=1S/C12H15N3O2/c13-9(5-10(14)12(16)17)8-6-15-11-4-2-1-3-7(8)11/h1-4,6,9-10,15H,5,13-14H2,(H,16,17). The number of fused-ring (bicyclic) bond motifs is 1. The van der Waals surface area contributed by atoms with E-state index in [-0.39, 0.29) is 12.5 Å². The first kappa shape index (κ1) is 11.6. The lowest BCUT2D eigenvalue weighted by Crippen LogP contribution is -2.33. The zero-order valence-corrected chi connectivity index (χ0v) is 9.26. The molecule has 6 N–H and O–H groups in total. The summed E-state index contributed by atoms with van der Waals surface area (Å²) in [5, 5.41) is 9.76. The summed E-state index contributed by atoms with van der Waals surface area (Å²) in [4.78, 5) is 13.8. The molecule has 0 fully saturated rings. The van der Waals surface area contributed by atoms with Crippen molar-refractivity contribution in [1.29, 1.82) is 0 Å². The number of aromatic nitrogens is 1. The second-order valence-corrected chi connectivity index (χ2v) is 4.08. The number of para-hydroxylation sites is 1. The van der Waals surface area contributed by atoms with Gasteiger partial charge in [0.2, 0.25) is 0 Å². The summed E-state index contributed by atoms with van der Waals surface area (Å²) in [6, 6.07) is 6.44. The van der Waals surface area contributed by atoms with E-state index in [1.165, 1.54) is 0 Å². The van der Waals surface area contributed by atoms with Crippen molar-refractivity contribution in [2.45, 2.75) is 18.5 Å². The van der Waals surface area contributed by atoms with Crippen LogP contribution < -0.4 is 11.5 Å². The Morgan fingerprint density at radius 1 is 1.35 bits per heavy atom. The molecule has 0 amide bonds. The van der Waals surface area contributed by atoms with E-state index in [1.807, 2.05) is 30.5 Å². The van der Waals surface area contributed by atoms with Crippen LogP contribution in [0.5, 0.6) is 0 Å². The summed E-state index contributed by atoms with van der Waals surface area (Å²) in [5.41, 5.74) is 13.3. The number of hydrogen-bond donors (Lipinski definition) is 4. The van der Waals surface area contributed by atoms with Gasteiger partial charge in [-0.3, -0.25) is 4.79 Å². The number of nitrogens with two attached hydrogens (primary N) is 2. The Labute approximate surface area is 98.4 Å². The molecule has 0 saturated heterocycles. The van der Waals surface area contributed by atoms with E-state index in [4.69, 9.17) is 16.6 Å². The Hall–Kier alpha value is -1.85. The number of rotatable bonds is 4. The van der Waals surface area contributed by atoms with E-state index in [0.29, 0.717) is 0 Å². The maximum absolute atomic E-state index is 10.7. The first-order chi connectivity index (χ1) is 8.09. The number of H-pyrrole nitrogens is 1. The third kappa shape index (κ3) is 2.30. The second-order valence-electron chi connectivity index (χ2n) is 4.08. The van der Waals surface area contributed by atoms with E-state index in [0.717, 1.165) is 16.5 Å². The molecule has 2 atom stereocenters. The lowest BCUT2D eigenvalue weighted by atomic mass is 10.00. The van der Waals surface area contributed by atoms with Crippen molar-refractivity contribution in [3.05, 3.63) is 36.0 Å². The Morgan fingerprint density at radius 2 is 2.06 bits per heavy atom. The van der Waals surface area contributed by atoms with Gasteiger partial charge in [0, 0.05) is 23.1 Å². The average molecular weight is 233 g/mol. The number of hydrogen-bond acceptors (Lipinski definition) is 3. The van der Waals surface area contributed by atoms with Crippen LogP contribution in [0, 0.1) is 0 Å². The zero-order valence-electron chi connectivity index (χ0n) is 9.26. The topological polar surface area (TPSA) is 105 Å². The van der Waals surface area contributed by atoms with Gasteiger partial charge in [0.25, 0.3) is 0 Å². The highest BCUT2D eigenvalue weighted by molar-refractivity contribution is 5.83. The number of carboxylic acids is 1. The second kappa shape index (κ2) is 4.57.